The van der Waals surface area contributed by atoms with Crippen molar-refractivity contribution in [2.45, 2.75) is 6.54 Å². The van der Waals surface area contributed by atoms with E-state index >= 15 is 0 Å². The third-order valence-electron chi connectivity index (χ3n) is 5.96. The van der Waals surface area contributed by atoms with Crippen LogP contribution in [-0.4, -0.2) is 29.9 Å². The van der Waals surface area contributed by atoms with Crippen LogP contribution in [0.1, 0.15) is 5.56 Å². The van der Waals surface area contributed by atoms with Gasteiger partial charge in [-0.2, -0.15) is 4.98 Å². The molecule has 0 fully saturated rings. The van der Waals surface area contributed by atoms with Crippen molar-refractivity contribution in [3.05, 3.63) is 82.5 Å². The van der Waals surface area contributed by atoms with E-state index in [0.717, 1.165) is 11.3 Å². The number of anilines is 5. The number of rotatable bonds is 5. The molecule has 0 spiro atoms. The normalized spacial score (nSPS) is 14.0. The van der Waals surface area contributed by atoms with Gasteiger partial charge in [-0.05, 0) is 54.6 Å². The molecule has 2 aliphatic heterocycles. The number of nitrogens with one attached hydrogen (secondary N) is 1. The molecule has 9 nitrogen and oxygen atoms in total. The molecule has 0 atom stereocenters. The molecule has 0 saturated carbocycles. The van der Waals surface area contributed by atoms with Gasteiger partial charge in [0.1, 0.15) is 5.75 Å². The van der Waals surface area contributed by atoms with Crippen molar-refractivity contribution in [1.82, 2.24) is 9.97 Å². The highest BCUT2D eigenvalue weighted by Crippen LogP contribution is 2.40. The molecular weight excluding hydrogens is 517 g/mol. The number of methoxy groups -OCH3 is 1. The molecule has 0 bridgehead atoms. The highest BCUT2D eigenvalue weighted by atomic mass is 35.5. The maximum absolute atomic E-state index is 13.9. The van der Waals surface area contributed by atoms with Crippen molar-refractivity contribution in [2.75, 3.05) is 29.0 Å². The molecule has 3 heterocycles. The first-order valence-corrected chi connectivity index (χ1v) is 12.0. The molecular formula is C26H19Cl2N5O4. The fourth-order valence-electron chi connectivity index (χ4n) is 4.17. The number of nitrogens with zero attached hydrogens (tertiary/aromatic N) is 4. The van der Waals surface area contributed by atoms with Crippen LogP contribution in [0.4, 0.5) is 33.6 Å². The van der Waals surface area contributed by atoms with Crippen molar-refractivity contribution in [1.29, 1.82) is 0 Å². The van der Waals surface area contributed by atoms with Gasteiger partial charge in [0.25, 0.3) is 0 Å². The standard InChI is InChI=1S/C26H19Cl2N5O4/c1-35-19-6-4-18(5-7-19)33-24-15(13-32(26(33)34)21-8-2-16(27)10-20(21)28)12-29-25(31-24)30-17-3-9-22-23(11-17)37-14-36-22/h2-12H,13-14H2,1H3,(H,29,30,31). The lowest BCUT2D eigenvalue weighted by atomic mass is 10.1. The number of hydrogen-bond acceptors (Lipinski definition) is 7. The van der Waals surface area contributed by atoms with Crippen LogP contribution in [0.15, 0.2) is 66.9 Å². The van der Waals surface area contributed by atoms with E-state index in [9.17, 15) is 4.79 Å². The summed E-state index contributed by atoms with van der Waals surface area (Å²) < 4.78 is 16.1. The lowest BCUT2D eigenvalue weighted by Crippen LogP contribution is -2.45. The van der Waals surface area contributed by atoms with Crippen molar-refractivity contribution in [2.24, 2.45) is 0 Å². The van der Waals surface area contributed by atoms with E-state index in [0.29, 0.717) is 50.4 Å². The van der Waals surface area contributed by atoms with Crippen LogP contribution in [-0.2, 0) is 6.54 Å². The van der Waals surface area contributed by atoms with Crippen LogP contribution < -0.4 is 29.3 Å². The zero-order chi connectivity index (χ0) is 25.5. The van der Waals surface area contributed by atoms with Crippen molar-refractivity contribution in [3.63, 3.8) is 0 Å². The zero-order valence-corrected chi connectivity index (χ0v) is 21.0. The van der Waals surface area contributed by atoms with E-state index in [1.807, 2.05) is 18.2 Å². The summed E-state index contributed by atoms with van der Waals surface area (Å²) in [4.78, 5) is 26.2. The van der Waals surface area contributed by atoms with Crippen LogP contribution in [0.3, 0.4) is 0 Å². The Morgan fingerprint density at radius 2 is 1.81 bits per heavy atom. The summed E-state index contributed by atoms with van der Waals surface area (Å²) in [5, 5.41) is 4.02. The molecule has 37 heavy (non-hydrogen) atoms. The molecule has 1 N–H and O–H groups in total. The number of carbonyl (C=O) groups is 1. The number of ether oxygens (including phenoxy) is 3. The van der Waals surface area contributed by atoms with Gasteiger partial charge in [-0.15, -0.1) is 0 Å². The molecule has 1 aromatic heterocycles. The van der Waals surface area contributed by atoms with Gasteiger partial charge < -0.3 is 19.5 Å². The molecule has 0 radical (unpaired) electrons. The second-order valence-electron chi connectivity index (χ2n) is 8.23. The van der Waals surface area contributed by atoms with E-state index in [-0.39, 0.29) is 19.4 Å². The summed E-state index contributed by atoms with van der Waals surface area (Å²) in [6.07, 6.45) is 1.69. The Bertz CT molecular complexity index is 1520. The van der Waals surface area contributed by atoms with Crippen LogP contribution >= 0.6 is 23.2 Å². The average molecular weight is 536 g/mol. The first-order chi connectivity index (χ1) is 18.0. The smallest absolute Gasteiger partial charge is 0.335 e. The second kappa shape index (κ2) is 9.34. The fraction of sp³-hybridized carbons (Fsp3) is 0.115. The number of benzene rings is 3. The molecule has 4 aromatic rings. The summed E-state index contributed by atoms with van der Waals surface area (Å²) in [5.41, 5.74) is 2.59. The van der Waals surface area contributed by atoms with Gasteiger partial charge in [0.15, 0.2) is 17.3 Å². The summed E-state index contributed by atoms with van der Waals surface area (Å²) in [5.74, 6) is 2.75. The van der Waals surface area contributed by atoms with Crippen LogP contribution in [0.2, 0.25) is 10.0 Å². The minimum atomic E-state index is -0.324. The number of urea groups is 1. The topological polar surface area (TPSA) is 89.1 Å². The first kappa shape index (κ1) is 23.2. The van der Waals surface area contributed by atoms with Gasteiger partial charge in [0.2, 0.25) is 12.7 Å². The summed E-state index contributed by atoms with van der Waals surface area (Å²) in [6, 6.07) is 17.3. The third kappa shape index (κ3) is 4.32. The molecule has 2 amide bonds. The highest BCUT2D eigenvalue weighted by molar-refractivity contribution is 6.37. The monoisotopic (exact) mass is 535 g/mol. The number of hydrogen-bond donors (Lipinski definition) is 1. The van der Waals surface area contributed by atoms with Gasteiger partial charge >= 0.3 is 6.03 Å². The first-order valence-electron chi connectivity index (χ1n) is 11.2. The Hall–Kier alpha value is -4.21. The van der Waals surface area contributed by atoms with Crippen LogP contribution in [0.5, 0.6) is 17.2 Å². The largest absolute Gasteiger partial charge is 0.497 e. The predicted octanol–water partition coefficient (Wildman–Crippen LogP) is 6.54. The van der Waals surface area contributed by atoms with Gasteiger partial charge in [-0.1, -0.05) is 23.2 Å². The SMILES string of the molecule is COc1ccc(N2C(=O)N(c3ccc(Cl)cc3Cl)Cc3cnc(Nc4ccc5c(c4)OCO5)nc32)cc1. The van der Waals surface area contributed by atoms with Crippen molar-refractivity contribution < 1.29 is 19.0 Å². The molecule has 0 saturated heterocycles. The summed E-state index contributed by atoms with van der Waals surface area (Å²) in [7, 11) is 1.59. The van der Waals surface area contributed by atoms with Crippen LogP contribution in [0, 0.1) is 0 Å². The highest BCUT2D eigenvalue weighted by Gasteiger charge is 2.35. The maximum Gasteiger partial charge on any atom is 0.335 e. The number of halogens is 2. The van der Waals surface area contributed by atoms with E-state index in [2.05, 4.69) is 10.3 Å². The minimum absolute atomic E-state index is 0.182. The Labute approximate surface area is 222 Å². The minimum Gasteiger partial charge on any atom is -0.497 e. The second-order valence-corrected chi connectivity index (χ2v) is 9.08. The van der Waals surface area contributed by atoms with Gasteiger partial charge in [0.05, 0.1) is 30.1 Å². The van der Waals surface area contributed by atoms with Crippen LogP contribution in [0.25, 0.3) is 0 Å². The average Bonchev–Trinajstić information content (AvgIpc) is 3.37. The number of amides is 2. The molecule has 3 aromatic carbocycles. The van der Waals surface area contributed by atoms with Gasteiger partial charge in [-0.3, -0.25) is 4.90 Å². The van der Waals surface area contributed by atoms with E-state index in [1.165, 1.54) is 4.90 Å². The Kier molecular flexibility index (Phi) is 5.86. The van der Waals surface area contributed by atoms with E-state index in [4.69, 9.17) is 42.4 Å². The lowest BCUT2D eigenvalue weighted by molar-refractivity contribution is 0.174. The Balaban J connectivity index is 1.41. The summed E-state index contributed by atoms with van der Waals surface area (Å²) in [6.45, 7) is 0.410. The lowest BCUT2D eigenvalue weighted by Gasteiger charge is -2.36. The fourth-order valence-corrected chi connectivity index (χ4v) is 4.68. The Morgan fingerprint density at radius 3 is 2.59 bits per heavy atom. The molecule has 0 unspecified atom stereocenters. The van der Waals surface area contributed by atoms with E-state index < -0.39 is 0 Å². The van der Waals surface area contributed by atoms with E-state index in [1.54, 1.807) is 60.7 Å². The number of aromatic nitrogens is 2. The summed E-state index contributed by atoms with van der Waals surface area (Å²) >= 11 is 12.6. The van der Waals surface area contributed by atoms with Crippen molar-refractivity contribution in [3.8, 4) is 17.2 Å². The maximum atomic E-state index is 13.9. The zero-order valence-electron chi connectivity index (χ0n) is 19.4. The molecule has 6 rings (SSSR count). The van der Waals surface area contributed by atoms with Crippen molar-refractivity contribution >= 4 is 58.1 Å². The Morgan fingerprint density at radius 1 is 1.00 bits per heavy atom. The predicted molar refractivity (Wildman–Crippen MR) is 141 cm³/mol. The number of carbonyl (C=O) groups excluding carboxylic acids is 1. The molecule has 0 aliphatic carbocycles. The third-order valence-corrected chi connectivity index (χ3v) is 6.50. The molecule has 11 heteroatoms. The molecule has 2 aliphatic rings. The van der Waals surface area contributed by atoms with Gasteiger partial charge in [0, 0.05) is 28.5 Å². The molecule has 186 valence electrons. The van der Waals surface area contributed by atoms with Gasteiger partial charge in [-0.25, -0.2) is 14.7 Å². The quantitative estimate of drug-likeness (QED) is 0.310. The number of fused-ring (bicyclic) bond motifs is 2.